The Morgan fingerprint density at radius 1 is 1.56 bits per heavy atom. The van der Waals surface area contributed by atoms with Gasteiger partial charge in [-0.25, -0.2) is 9.67 Å². The van der Waals surface area contributed by atoms with Gasteiger partial charge >= 0.3 is 0 Å². The molecule has 0 spiro atoms. The number of ketones is 1. The van der Waals surface area contributed by atoms with Gasteiger partial charge in [0.25, 0.3) is 0 Å². The van der Waals surface area contributed by atoms with Crippen molar-refractivity contribution in [2.45, 2.75) is 44.7 Å². The molecule has 0 aromatic carbocycles. The Labute approximate surface area is 107 Å². The lowest BCUT2D eigenvalue weighted by molar-refractivity contribution is -0.127. The number of nitrogens with two attached hydrogens (primary N) is 1. The zero-order valence-electron chi connectivity index (χ0n) is 10.9. The highest BCUT2D eigenvalue weighted by molar-refractivity contribution is 5.89. The SMILES string of the molecule is CC(C)n1ncnc1CC(=O)C1(N)CCOCC1. The van der Waals surface area contributed by atoms with Crippen molar-refractivity contribution in [1.82, 2.24) is 14.8 Å². The minimum atomic E-state index is -0.758. The van der Waals surface area contributed by atoms with E-state index < -0.39 is 5.54 Å². The van der Waals surface area contributed by atoms with Crippen molar-refractivity contribution in [3.8, 4) is 0 Å². The van der Waals surface area contributed by atoms with Gasteiger partial charge in [-0.05, 0) is 26.7 Å². The van der Waals surface area contributed by atoms with Crippen molar-refractivity contribution >= 4 is 5.78 Å². The molecule has 0 radical (unpaired) electrons. The van der Waals surface area contributed by atoms with Gasteiger partial charge in [-0.2, -0.15) is 5.10 Å². The number of rotatable bonds is 4. The van der Waals surface area contributed by atoms with Crippen LogP contribution in [0.25, 0.3) is 0 Å². The van der Waals surface area contributed by atoms with E-state index in [0.29, 0.717) is 31.9 Å². The minimum Gasteiger partial charge on any atom is -0.381 e. The fourth-order valence-electron chi connectivity index (χ4n) is 2.17. The largest absolute Gasteiger partial charge is 0.381 e. The number of hydrogen-bond donors (Lipinski definition) is 1. The summed E-state index contributed by atoms with van der Waals surface area (Å²) >= 11 is 0. The van der Waals surface area contributed by atoms with Gasteiger partial charge in [-0.15, -0.1) is 0 Å². The van der Waals surface area contributed by atoms with Crippen LogP contribution in [0.3, 0.4) is 0 Å². The van der Waals surface area contributed by atoms with Gasteiger partial charge in [0, 0.05) is 19.3 Å². The summed E-state index contributed by atoms with van der Waals surface area (Å²) in [6, 6.07) is 0.193. The third kappa shape index (κ3) is 2.59. The van der Waals surface area contributed by atoms with E-state index in [1.165, 1.54) is 6.33 Å². The van der Waals surface area contributed by atoms with E-state index in [4.69, 9.17) is 10.5 Å². The predicted molar refractivity (Wildman–Crippen MR) is 66.1 cm³/mol. The van der Waals surface area contributed by atoms with E-state index in [-0.39, 0.29) is 18.2 Å². The lowest BCUT2D eigenvalue weighted by Crippen LogP contribution is -2.52. The van der Waals surface area contributed by atoms with E-state index in [2.05, 4.69) is 10.1 Å². The zero-order valence-corrected chi connectivity index (χ0v) is 10.9. The quantitative estimate of drug-likeness (QED) is 0.842. The van der Waals surface area contributed by atoms with Crippen molar-refractivity contribution in [2.75, 3.05) is 13.2 Å². The van der Waals surface area contributed by atoms with E-state index >= 15 is 0 Å². The molecule has 2 heterocycles. The number of hydrogen-bond acceptors (Lipinski definition) is 5. The lowest BCUT2D eigenvalue weighted by Gasteiger charge is -2.31. The van der Waals surface area contributed by atoms with E-state index in [1.54, 1.807) is 4.68 Å². The van der Waals surface area contributed by atoms with E-state index in [0.717, 1.165) is 0 Å². The van der Waals surface area contributed by atoms with Crippen LogP contribution in [0.15, 0.2) is 6.33 Å². The summed E-state index contributed by atoms with van der Waals surface area (Å²) in [6.07, 6.45) is 2.90. The summed E-state index contributed by atoms with van der Waals surface area (Å²) in [5, 5.41) is 4.12. The Balaban J connectivity index is 2.08. The van der Waals surface area contributed by atoms with Crippen molar-refractivity contribution < 1.29 is 9.53 Å². The molecule has 6 nitrogen and oxygen atoms in total. The van der Waals surface area contributed by atoms with Gasteiger partial charge in [-0.3, -0.25) is 4.79 Å². The van der Waals surface area contributed by atoms with Crippen molar-refractivity contribution in [3.05, 3.63) is 12.2 Å². The van der Waals surface area contributed by atoms with Crippen LogP contribution in [0, 0.1) is 0 Å². The van der Waals surface area contributed by atoms with Crippen LogP contribution in [0.5, 0.6) is 0 Å². The molecule has 0 bridgehead atoms. The molecule has 2 N–H and O–H groups in total. The lowest BCUT2D eigenvalue weighted by atomic mass is 9.85. The van der Waals surface area contributed by atoms with Crippen LogP contribution in [0.2, 0.25) is 0 Å². The van der Waals surface area contributed by atoms with Crippen LogP contribution in [-0.4, -0.2) is 39.3 Å². The maximum Gasteiger partial charge on any atom is 0.160 e. The fourth-order valence-corrected chi connectivity index (χ4v) is 2.17. The monoisotopic (exact) mass is 252 g/mol. The molecule has 2 rings (SSSR count). The first-order chi connectivity index (χ1) is 8.53. The normalized spacial score (nSPS) is 19.1. The Kier molecular flexibility index (Phi) is 3.77. The Bertz CT molecular complexity index is 421. The highest BCUT2D eigenvalue weighted by Gasteiger charge is 2.36. The number of aromatic nitrogens is 3. The Morgan fingerprint density at radius 3 is 2.83 bits per heavy atom. The first-order valence-corrected chi connectivity index (χ1v) is 6.31. The second kappa shape index (κ2) is 5.16. The summed E-state index contributed by atoms with van der Waals surface area (Å²) < 4.78 is 7.01. The summed E-state index contributed by atoms with van der Waals surface area (Å²) in [7, 11) is 0. The second-order valence-electron chi connectivity index (χ2n) is 5.08. The van der Waals surface area contributed by atoms with Crippen molar-refractivity contribution in [3.63, 3.8) is 0 Å². The highest BCUT2D eigenvalue weighted by Crippen LogP contribution is 2.20. The number of Topliss-reactive ketones (excluding diaryl/α,β-unsaturated/α-hetero) is 1. The van der Waals surface area contributed by atoms with Crippen LogP contribution in [0.4, 0.5) is 0 Å². The number of carbonyl (C=O) groups is 1. The summed E-state index contributed by atoms with van der Waals surface area (Å²) in [5.74, 6) is 0.715. The molecule has 1 aromatic rings. The number of ether oxygens (including phenoxy) is 1. The third-order valence-corrected chi connectivity index (χ3v) is 3.40. The van der Waals surface area contributed by atoms with Gasteiger partial charge in [-0.1, -0.05) is 0 Å². The van der Waals surface area contributed by atoms with Gasteiger partial charge in [0.2, 0.25) is 0 Å². The fraction of sp³-hybridized carbons (Fsp3) is 0.750. The topological polar surface area (TPSA) is 83.0 Å². The average molecular weight is 252 g/mol. The molecule has 0 saturated carbocycles. The summed E-state index contributed by atoms with van der Waals surface area (Å²) in [4.78, 5) is 16.4. The molecule has 1 aromatic heterocycles. The molecular weight excluding hydrogens is 232 g/mol. The third-order valence-electron chi connectivity index (χ3n) is 3.40. The van der Waals surface area contributed by atoms with Crippen molar-refractivity contribution in [2.24, 2.45) is 5.73 Å². The van der Waals surface area contributed by atoms with Gasteiger partial charge in [0.15, 0.2) is 5.78 Å². The molecule has 0 aliphatic carbocycles. The standard InChI is InChI=1S/C12H20N4O2/c1-9(2)16-11(14-8-15-16)7-10(17)12(13)3-5-18-6-4-12/h8-9H,3-7,13H2,1-2H3. The minimum absolute atomic E-state index is 0.0284. The smallest absolute Gasteiger partial charge is 0.160 e. The van der Waals surface area contributed by atoms with Crippen LogP contribution >= 0.6 is 0 Å². The molecule has 6 heteroatoms. The van der Waals surface area contributed by atoms with E-state index in [1.807, 2.05) is 13.8 Å². The molecule has 18 heavy (non-hydrogen) atoms. The van der Waals surface area contributed by atoms with Gasteiger partial charge < -0.3 is 10.5 Å². The summed E-state index contributed by atoms with van der Waals surface area (Å²) in [5.41, 5.74) is 5.40. The molecule has 1 aliphatic rings. The molecule has 100 valence electrons. The van der Waals surface area contributed by atoms with Crippen LogP contribution in [-0.2, 0) is 16.0 Å². The van der Waals surface area contributed by atoms with Gasteiger partial charge in [0.1, 0.15) is 12.2 Å². The average Bonchev–Trinajstić information content (AvgIpc) is 2.78. The highest BCUT2D eigenvalue weighted by atomic mass is 16.5. The predicted octanol–water partition coefficient (Wildman–Crippen LogP) is 0.479. The van der Waals surface area contributed by atoms with Gasteiger partial charge in [0.05, 0.1) is 12.0 Å². The molecule has 1 aliphatic heterocycles. The molecule has 0 atom stereocenters. The second-order valence-corrected chi connectivity index (χ2v) is 5.08. The number of carbonyl (C=O) groups excluding carboxylic acids is 1. The first-order valence-electron chi connectivity index (χ1n) is 6.31. The zero-order chi connectivity index (χ0) is 13.2. The van der Waals surface area contributed by atoms with Crippen molar-refractivity contribution in [1.29, 1.82) is 0 Å². The van der Waals surface area contributed by atoms with Crippen LogP contribution in [0.1, 0.15) is 38.6 Å². The van der Waals surface area contributed by atoms with E-state index in [9.17, 15) is 4.79 Å². The molecule has 0 amide bonds. The summed E-state index contributed by atoms with van der Waals surface area (Å²) in [6.45, 7) is 5.13. The first kappa shape index (κ1) is 13.2. The Morgan fingerprint density at radius 2 is 2.22 bits per heavy atom. The molecular formula is C12H20N4O2. The van der Waals surface area contributed by atoms with Crippen LogP contribution < -0.4 is 5.73 Å². The molecule has 1 fully saturated rings. The Hall–Kier alpha value is -1.27. The number of nitrogens with zero attached hydrogens (tertiary/aromatic N) is 3. The maximum atomic E-state index is 12.3. The maximum absolute atomic E-state index is 12.3. The molecule has 1 saturated heterocycles. The molecule has 0 unspecified atom stereocenters.